The van der Waals surface area contributed by atoms with E-state index in [-0.39, 0.29) is 5.91 Å². The van der Waals surface area contributed by atoms with Crippen LogP contribution in [0.4, 0.5) is 5.00 Å². The lowest BCUT2D eigenvalue weighted by Crippen LogP contribution is -2.12. The SMILES string of the molecule is CCc1c(C)sc(NC(=O)c2ccccc2Br)c1C#N. The fourth-order valence-electron chi connectivity index (χ4n) is 2.03. The van der Waals surface area contributed by atoms with Crippen LogP contribution in [-0.4, -0.2) is 5.91 Å². The second kappa shape index (κ2) is 6.21. The Morgan fingerprint density at radius 3 is 2.75 bits per heavy atom. The van der Waals surface area contributed by atoms with Crippen molar-refractivity contribution in [2.75, 3.05) is 5.32 Å². The molecule has 0 aliphatic heterocycles. The summed E-state index contributed by atoms with van der Waals surface area (Å²) in [5.41, 5.74) is 2.15. The number of nitrogens with zero attached hydrogens (tertiary/aromatic N) is 1. The summed E-state index contributed by atoms with van der Waals surface area (Å²) in [5.74, 6) is -0.210. The number of thiophene rings is 1. The maximum atomic E-state index is 12.3. The van der Waals surface area contributed by atoms with Crippen molar-refractivity contribution in [3.8, 4) is 6.07 Å². The number of aryl methyl sites for hydroxylation is 1. The van der Waals surface area contributed by atoms with Gasteiger partial charge in [-0.25, -0.2) is 0 Å². The molecule has 0 aliphatic carbocycles. The lowest BCUT2D eigenvalue weighted by molar-refractivity contribution is 0.102. The number of carbonyl (C=O) groups excluding carboxylic acids is 1. The van der Waals surface area contributed by atoms with E-state index in [1.807, 2.05) is 32.0 Å². The first-order valence-electron chi connectivity index (χ1n) is 6.16. The molecule has 0 atom stereocenters. The number of hydrogen-bond acceptors (Lipinski definition) is 3. The van der Waals surface area contributed by atoms with Crippen LogP contribution in [0, 0.1) is 18.3 Å². The highest BCUT2D eigenvalue weighted by atomic mass is 79.9. The van der Waals surface area contributed by atoms with Crippen molar-refractivity contribution in [3.05, 3.63) is 50.3 Å². The molecule has 20 heavy (non-hydrogen) atoms. The van der Waals surface area contributed by atoms with Gasteiger partial charge in [-0.3, -0.25) is 4.79 Å². The summed E-state index contributed by atoms with van der Waals surface area (Å²) in [6.45, 7) is 3.98. The molecule has 0 fully saturated rings. The molecule has 0 unspecified atom stereocenters. The zero-order valence-corrected chi connectivity index (χ0v) is 13.6. The molecule has 102 valence electrons. The number of halogens is 1. The summed E-state index contributed by atoms with van der Waals surface area (Å²) in [7, 11) is 0. The Balaban J connectivity index is 2.34. The molecule has 1 heterocycles. The largest absolute Gasteiger partial charge is 0.312 e. The first-order valence-corrected chi connectivity index (χ1v) is 7.77. The summed E-state index contributed by atoms with van der Waals surface area (Å²) >= 11 is 4.81. The van der Waals surface area contributed by atoms with E-state index in [0.29, 0.717) is 16.1 Å². The van der Waals surface area contributed by atoms with Crippen LogP contribution in [-0.2, 0) is 6.42 Å². The first-order chi connectivity index (χ1) is 9.58. The molecule has 3 nitrogen and oxygen atoms in total. The molecule has 0 aliphatic rings. The predicted molar refractivity (Wildman–Crippen MR) is 85.2 cm³/mol. The molecule has 1 aromatic carbocycles. The summed E-state index contributed by atoms with van der Waals surface area (Å²) in [6, 6.07) is 9.41. The van der Waals surface area contributed by atoms with Crippen LogP contribution in [0.3, 0.4) is 0 Å². The fourth-order valence-corrected chi connectivity index (χ4v) is 3.58. The highest BCUT2D eigenvalue weighted by Gasteiger charge is 2.17. The maximum Gasteiger partial charge on any atom is 0.257 e. The number of nitrogens with one attached hydrogen (secondary N) is 1. The number of nitriles is 1. The van der Waals surface area contributed by atoms with E-state index >= 15 is 0 Å². The Labute approximate surface area is 130 Å². The Kier molecular flexibility index (Phi) is 4.58. The third-order valence-electron chi connectivity index (χ3n) is 3.02. The Hall–Kier alpha value is -1.64. The number of hydrogen-bond donors (Lipinski definition) is 1. The molecule has 0 spiro atoms. The molecule has 0 saturated heterocycles. The van der Waals surface area contributed by atoms with E-state index in [1.54, 1.807) is 6.07 Å². The summed E-state index contributed by atoms with van der Waals surface area (Å²) in [4.78, 5) is 13.3. The quantitative estimate of drug-likeness (QED) is 0.887. The minimum Gasteiger partial charge on any atom is -0.312 e. The van der Waals surface area contributed by atoms with Crippen LogP contribution in [0.5, 0.6) is 0 Å². The van der Waals surface area contributed by atoms with E-state index in [2.05, 4.69) is 27.3 Å². The molecular formula is C15H13BrN2OS. The third-order valence-corrected chi connectivity index (χ3v) is 4.77. The minimum atomic E-state index is -0.210. The van der Waals surface area contributed by atoms with Crippen LogP contribution < -0.4 is 5.32 Å². The van der Waals surface area contributed by atoms with Gasteiger partial charge in [0.1, 0.15) is 11.1 Å². The topological polar surface area (TPSA) is 52.9 Å². The number of carbonyl (C=O) groups is 1. The molecule has 2 aromatic rings. The van der Waals surface area contributed by atoms with Gasteiger partial charge in [0.25, 0.3) is 5.91 Å². The molecule has 0 radical (unpaired) electrons. The molecule has 1 N–H and O–H groups in total. The monoisotopic (exact) mass is 348 g/mol. The van der Waals surface area contributed by atoms with Crippen LogP contribution in [0.1, 0.15) is 33.3 Å². The average Bonchev–Trinajstić information content (AvgIpc) is 2.73. The van der Waals surface area contributed by atoms with Gasteiger partial charge in [0.05, 0.1) is 11.1 Å². The van der Waals surface area contributed by atoms with Crippen molar-refractivity contribution in [1.82, 2.24) is 0 Å². The zero-order valence-electron chi connectivity index (χ0n) is 11.2. The van der Waals surface area contributed by atoms with Gasteiger partial charge < -0.3 is 5.32 Å². The number of anilines is 1. The summed E-state index contributed by atoms with van der Waals surface area (Å²) in [5, 5.41) is 12.7. The molecule has 5 heteroatoms. The van der Waals surface area contributed by atoms with Crippen LogP contribution >= 0.6 is 27.3 Å². The standard InChI is InChI=1S/C15H13BrN2OS/c1-3-10-9(2)20-15(12(10)8-17)18-14(19)11-6-4-5-7-13(11)16/h4-7H,3H2,1-2H3,(H,18,19). The Morgan fingerprint density at radius 1 is 1.45 bits per heavy atom. The van der Waals surface area contributed by atoms with E-state index in [4.69, 9.17) is 0 Å². The van der Waals surface area contributed by atoms with E-state index in [1.165, 1.54) is 11.3 Å². The smallest absolute Gasteiger partial charge is 0.257 e. The molecular weight excluding hydrogens is 336 g/mol. The molecule has 1 amide bonds. The van der Waals surface area contributed by atoms with Crippen LogP contribution in [0.15, 0.2) is 28.7 Å². The predicted octanol–water partition coefficient (Wildman–Crippen LogP) is 4.51. The third kappa shape index (κ3) is 2.77. The van der Waals surface area contributed by atoms with Crippen LogP contribution in [0.25, 0.3) is 0 Å². The summed E-state index contributed by atoms with van der Waals surface area (Å²) in [6.07, 6.45) is 0.788. The Morgan fingerprint density at radius 2 is 2.15 bits per heavy atom. The van der Waals surface area contributed by atoms with E-state index in [0.717, 1.165) is 21.3 Å². The highest BCUT2D eigenvalue weighted by Crippen LogP contribution is 2.33. The first kappa shape index (κ1) is 14.8. The molecule has 1 aromatic heterocycles. The minimum absolute atomic E-state index is 0.210. The van der Waals surface area contributed by atoms with Gasteiger partial charge in [-0.2, -0.15) is 5.26 Å². The van der Waals surface area contributed by atoms with Crippen LogP contribution in [0.2, 0.25) is 0 Å². The fraction of sp³-hybridized carbons (Fsp3) is 0.200. The van der Waals surface area contributed by atoms with Crippen molar-refractivity contribution in [2.45, 2.75) is 20.3 Å². The highest BCUT2D eigenvalue weighted by molar-refractivity contribution is 9.10. The van der Waals surface area contributed by atoms with Crippen molar-refractivity contribution < 1.29 is 4.79 Å². The van der Waals surface area contributed by atoms with Gasteiger partial charge >= 0.3 is 0 Å². The van der Waals surface area contributed by atoms with Gasteiger partial charge in [-0.15, -0.1) is 11.3 Å². The van der Waals surface area contributed by atoms with Gasteiger partial charge in [0.2, 0.25) is 0 Å². The maximum absolute atomic E-state index is 12.3. The number of amides is 1. The van der Waals surface area contributed by atoms with Crippen molar-refractivity contribution in [2.24, 2.45) is 0 Å². The van der Waals surface area contributed by atoms with Gasteiger partial charge in [0.15, 0.2) is 0 Å². The van der Waals surface area contributed by atoms with Gasteiger partial charge in [-0.05, 0) is 47.0 Å². The zero-order chi connectivity index (χ0) is 14.7. The lowest BCUT2D eigenvalue weighted by Gasteiger charge is -2.05. The van der Waals surface area contributed by atoms with Crippen molar-refractivity contribution in [3.63, 3.8) is 0 Å². The lowest BCUT2D eigenvalue weighted by atomic mass is 10.1. The van der Waals surface area contributed by atoms with Gasteiger partial charge in [-0.1, -0.05) is 19.1 Å². The second-order valence-corrected chi connectivity index (χ2v) is 6.32. The molecule has 2 rings (SSSR count). The summed E-state index contributed by atoms with van der Waals surface area (Å²) < 4.78 is 0.736. The second-order valence-electron chi connectivity index (χ2n) is 4.24. The molecule has 0 saturated carbocycles. The van der Waals surface area contributed by atoms with Crippen molar-refractivity contribution in [1.29, 1.82) is 5.26 Å². The normalized spacial score (nSPS) is 10.1. The van der Waals surface area contributed by atoms with E-state index < -0.39 is 0 Å². The van der Waals surface area contributed by atoms with Gasteiger partial charge in [0, 0.05) is 9.35 Å². The number of rotatable bonds is 3. The van der Waals surface area contributed by atoms with Crippen molar-refractivity contribution >= 4 is 38.2 Å². The van der Waals surface area contributed by atoms with E-state index in [9.17, 15) is 10.1 Å². The number of benzene rings is 1. The average molecular weight is 349 g/mol. The Bertz CT molecular complexity index is 700. The molecule has 0 bridgehead atoms.